The molecule has 372 valence electrons. The number of H-pyrrole nitrogens is 1. The van der Waals surface area contributed by atoms with Crippen molar-refractivity contribution in [1.29, 1.82) is 0 Å². The molecule has 1 saturated heterocycles. The van der Waals surface area contributed by atoms with Crippen molar-refractivity contribution < 1.29 is 57.6 Å². The van der Waals surface area contributed by atoms with Crippen molar-refractivity contribution in [3.8, 4) is 0 Å². The Hall–Kier alpha value is -2.77. The topological polar surface area (TPSA) is 260 Å². The number of phosphoric acid groups is 1. The number of imidazole rings is 1. The van der Waals surface area contributed by atoms with Crippen LogP contribution in [-0.2, 0) is 37.4 Å². The van der Waals surface area contributed by atoms with Crippen LogP contribution in [0.25, 0.3) is 11.2 Å². The molecule has 14 atom stereocenters. The summed E-state index contributed by atoms with van der Waals surface area (Å²) in [6, 6.07) is 0. The highest BCUT2D eigenvalue weighted by molar-refractivity contribution is 7.47. The van der Waals surface area contributed by atoms with Crippen LogP contribution in [0.5, 0.6) is 0 Å². The van der Waals surface area contributed by atoms with Crippen LogP contribution in [0.1, 0.15) is 131 Å². The van der Waals surface area contributed by atoms with Gasteiger partial charge in [0.05, 0.1) is 39.4 Å². The van der Waals surface area contributed by atoms with E-state index >= 15 is 0 Å². The Labute approximate surface area is 388 Å². The first-order valence-electron chi connectivity index (χ1n) is 24.5. The van der Waals surface area contributed by atoms with Crippen LogP contribution < -0.4 is 11.3 Å². The number of rotatable bonds is 23. The van der Waals surface area contributed by atoms with Crippen LogP contribution in [-0.4, -0.2) is 116 Å². The van der Waals surface area contributed by atoms with E-state index in [1.807, 2.05) is 0 Å². The number of ether oxygens (including phenoxy) is 4. The zero-order valence-electron chi connectivity index (χ0n) is 39.6. The van der Waals surface area contributed by atoms with Crippen LogP contribution in [0.3, 0.4) is 0 Å². The number of aromatic nitrogens is 4. The van der Waals surface area contributed by atoms with Crippen molar-refractivity contribution in [1.82, 2.24) is 19.5 Å². The molecule has 4 fully saturated rings. The molecule has 7 unspecified atom stereocenters. The lowest BCUT2D eigenvalue weighted by molar-refractivity contribution is -0.151. The number of anilines is 1. The first kappa shape index (κ1) is 51.1. The molecule has 2 aromatic rings. The van der Waals surface area contributed by atoms with Gasteiger partial charge in [-0.05, 0) is 104 Å². The molecular formula is C47H76N5O13P. The second-order valence-electron chi connectivity index (χ2n) is 20.8. The van der Waals surface area contributed by atoms with Crippen LogP contribution in [0.4, 0.5) is 5.95 Å². The number of hydrogen-bond donors (Lipinski definition) is 6. The van der Waals surface area contributed by atoms with Gasteiger partial charge in [0.1, 0.15) is 30.5 Å². The quantitative estimate of drug-likeness (QED) is 0.0324. The number of hydrogen-bond acceptors (Lipinski definition) is 15. The van der Waals surface area contributed by atoms with Crippen molar-refractivity contribution in [3.05, 3.63) is 28.3 Å². The smallest absolute Gasteiger partial charge is 0.462 e. The summed E-state index contributed by atoms with van der Waals surface area (Å²) in [6.07, 6.45) is 12.0. The Morgan fingerprint density at radius 1 is 1.03 bits per heavy atom. The molecule has 7 N–H and O–H groups in total. The number of phosphoric ester groups is 1. The van der Waals surface area contributed by atoms with Crippen molar-refractivity contribution in [2.45, 2.75) is 161 Å². The molecule has 3 saturated carbocycles. The van der Waals surface area contributed by atoms with Crippen LogP contribution >= 0.6 is 7.82 Å². The van der Waals surface area contributed by atoms with Gasteiger partial charge in [0.25, 0.3) is 5.56 Å². The molecule has 7 rings (SSSR count). The van der Waals surface area contributed by atoms with E-state index in [1.54, 1.807) is 0 Å². The average molecular weight is 950 g/mol. The van der Waals surface area contributed by atoms with E-state index in [0.29, 0.717) is 31.3 Å². The number of nitrogen functional groups attached to an aromatic ring is 1. The zero-order valence-corrected chi connectivity index (χ0v) is 40.4. The number of unbranched alkanes of at least 4 members (excludes halogenated alkanes) is 1. The lowest BCUT2D eigenvalue weighted by Crippen LogP contribution is -2.51. The third-order valence-electron chi connectivity index (χ3n) is 16.1. The number of fused-ring (bicyclic) bond motifs is 6. The largest absolute Gasteiger partial charge is 0.472 e. The van der Waals surface area contributed by atoms with E-state index in [4.69, 9.17) is 33.7 Å². The highest BCUT2D eigenvalue weighted by Crippen LogP contribution is 2.67. The van der Waals surface area contributed by atoms with Crippen LogP contribution in [0.2, 0.25) is 0 Å². The van der Waals surface area contributed by atoms with Gasteiger partial charge in [0.2, 0.25) is 5.95 Å². The van der Waals surface area contributed by atoms with Crippen molar-refractivity contribution in [3.63, 3.8) is 0 Å². The molecule has 0 amide bonds. The normalized spacial score (nSPS) is 33.8. The number of nitrogens with one attached hydrogen (secondary N) is 1. The SMILES string of the molecule is CC(C)CCC[C@@H](C)C1CCC2C3CC=C4C[C@@H](OC(=O)CCCCOCCOCC(CO)OP(=O)(O)OC[C@H]5O[C@@H](n6cnc7c(=O)[nH]c(N)nc76)[C@@H](O)C5O)CC[C@]4(C)C3CC[C@@]21C. The molecule has 3 heterocycles. The van der Waals surface area contributed by atoms with E-state index in [9.17, 15) is 34.4 Å². The molecule has 0 radical (unpaired) electrons. The molecule has 0 spiro atoms. The number of carbonyl (C=O) groups is 1. The molecule has 1 aliphatic heterocycles. The summed E-state index contributed by atoms with van der Waals surface area (Å²) in [7, 11) is -4.80. The summed E-state index contributed by atoms with van der Waals surface area (Å²) in [5.41, 5.74) is 7.16. The van der Waals surface area contributed by atoms with Crippen LogP contribution in [0.15, 0.2) is 22.8 Å². The maximum Gasteiger partial charge on any atom is 0.472 e. The number of aliphatic hydroxyl groups is 3. The monoisotopic (exact) mass is 950 g/mol. The standard InChI is InChI=1S/C47H76N5O13P/c1-28(2)9-8-10-29(3)34-14-15-35-33-13-12-30-23-31(16-18-46(30,4)36(33)17-19-47(34,35)5)63-38(54)11-6-7-20-60-21-22-61-25-32(24-53)65-66(58,59)62-26-37-40(55)41(56)44(64-37)52-27-49-39-42(52)50-45(48)51-43(39)57/h12,27-29,31-37,40-41,44,53,55-56H,6-11,13-26H2,1-5H3,(H,58,59)(H3,48,50,51,57)/t29-,31+,32?,33?,34?,35?,36?,37-,40?,41+,44-,46+,47-/m1/s1. The molecular weight excluding hydrogens is 874 g/mol. The second-order valence-corrected chi connectivity index (χ2v) is 22.2. The predicted octanol–water partition coefficient (Wildman–Crippen LogP) is 5.97. The van der Waals surface area contributed by atoms with E-state index in [1.165, 1.54) is 67.8 Å². The third kappa shape index (κ3) is 11.5. The van der Waals surface area contributed by atoms with E-state index in [-0.39, 0.29) is 54.4 Å². The summed E-state index contributed by atoms with van der Waals surface area (Å²) in [5, 5.41) is 30.9. The molecule has 2 aromatic heterocycles. The number of allylic oxidation sites excluding steroid dienone is 1. The molecule has 0 aromatic carbocycles. The second kappa shape index (κ2) is 21.9. The molecule has 18 nitrogen and oxygen atoms in total. The van der Waals surface area contributed by atoms with E-state index in [0.717, 1.165) is 54.8 Å². The Kier molecular flexibility index (Phi) is 16.9. The minimum absolute atomic E-state index is 0.00416. The lowest BCUT2D eigenvalue weighted by atomic mass is 9.47. The number of aliphatic hydroxyl groups excluding tert-OH is 3. The van der Waals surface area contributed by atoms with Crippen molar-refractivity contribution in [2.75, 3.05) is 45.4 Å². The Bertz CT molecular complexity index is 2080. The van der Waals surface area contributed by atoms with Gasteiger partial charge in [-0.1, -0.05) is 65.5 Å². The van der Waals surface area contributed by atoms with Gasteiger partial charge in [-0.25, -0.2) is 9.55 Å². The summed E-state index contributed by atoms with van der Waals surface area (Å²) in [6.45, 7) is 11.6. The Balaban J connectivity index is 0.748. The van der Waals surface area contributed by atoms with Gasteiger partial charge >= 0.3 is 13.8 Å². The fourth-order valence-electron chi connectivity index (χ4n) is 12.6. The molecule has 4 aliphatic carbocycles. The fourth-order valence-corrected chi connectivity index (χ4v) is 13.5. The van der Waals surface area contributed by atoms with Gasteiger partial charge in [-0.15, -0.1) is 0 Å². The summed E-state index contributed by atoms with van der Waals surface area (Å²) < 4.78 is 46.9. The van der Waals surface area contributed by atoms with Gasteiger partial charge in [0.15, 0.2) is 17.4 Å². The fraction of sp³-hybridized carbons (Fsp3) is 0.830. The zero-order chi connectivity index (χ0) is 47.4. The summed E-state index contributed by atoms with van der Waals surface area (Å²) in [4.78, 5) is 45.6. The van der Waals surface area contributed by atoms with Gasteiger partial charge in [0, 0.05) is 19.4 Å². The minimum atomic E-state index is -4.80. The van der Waals surface area contributed by atoms with Gasteiger partial charge in [-0.2, -0.15) is 4.98 Å². The molecule has 66 heavy (non-hydrogen) atoms. The van der Waals surface area contributed by atoms with E-state index < -0.39 is 57.2 Å². The van der Waals surface area contributed by atoms with Crippen molar-refractivity contribution in [2.24, 2.45) is 46.3 Å². The third-order valence-corrected chi connectivity index (χ3v) is 17.1. The summed E-state index contributed by atoms with van der Waals surface area (Å²) >= 11 is 0. The van der Waals surface area contributed by atoms with Gasteiger partial charge in [-0.3, -0.25) is 28.2 Å². The summed E-state index contributed by atoms with van der Waals surface area (Å²) in [5.74, 6) is 4.43. The minimum Gasteiger partial charge on any atom is -0.462 e. The Morgan fingerprint density at radius 3 is 2.59 bits per heavy atom. The molecule has 19 heteroatoms. The number of esters is 1. The molecule has 5 aliphatic rings. The first-order valence-corrected chi connectivity index (χ1v) is 26.0. The maximum absolute atomic E-state index is 12.9. The Morgan fingerprint density at radius 2 is 1.82 bits per heavy atom. The number of nitrogens with zero attached hydrogens (tertiary/aromatic N) is 3. The van der Waals surface area contributed by atoms with Gasteiger partial charge < -0.3 is 44.9 Å². The average Bonchev–Trinajstić information content (AvgIpc) is 3.94. The highest BCUT2D eigenvalue weighted by Gasteiger charge is 2.59. The first-order chi connectivity index (χ1) is 31.4. The molecule has 0 bridgehead atoms. The van der Waals surface area contributed by atoms with E-state index in [2.05, 4.69) is 55.6 Å². The number of nitrogens with two attached hydrogens (primary N) is 1. The predicted molar refractivity (Wildman–Crippen MR) is 245 cm³/mol. The lowest BCUT2D eigenvalue weighted by Gasteiger charge is -2.58. The maximum atomic E-state index is 12.9. The number of carbonyl (C=O) groups excluding carboxylic acids is 1. The van der Waals surface area contributed by atoms with Crippen LogP contribution in [0, 0.1) is 46.3 Å². The van der Waals surface area contributed by atoms with Crippen molar-refractivity contribution >= 4 is 30.9 Å². The highest BCUT2D eigenvalue weighted by atomic mass is 31.2. The number of aromatic amines is 1.